The first kappa shape index (κ1) is 25.8. The molecule has 0 amide bonds. The number of halogens is 5. The number of alkyl halides is 5. The van der Waals surface area contributed by atoms with Gasteiger partial charge in [-0.3, -0.25) is 10.6 Å². The average Bonchev–Trinajstić information content (AvgIpc) is 3.44. The summed E-state index contributed by atoms with van der Waals surface area (Å²) < 4.78 is 66.7. The van der Waals surface area contributed by atoms with Gasteiger partial charge in [0.2, 0.25) is 0 Å². The molecule has 3 aromatic rings. The van der Waals surface area contributed by atoms with Crippen LogP contribution in [0.4, 0.5) is 22.0 Å². The normalized spacial score (nSPS) is 19.5. The van der Waals surface area contributed by atoms with Crippen molar-refractivity contribution < 1.29 is 22.0 Å². The Bertz CT molecular complexity index is 1260. The standard InChI is InChI=1S/C25H27F5N6S/c1-15-11-21(25(28,29)30)34-36(15)10-9-35-7-5-16(6-8-35)24-33-20(14-37-24)23-31-12-17-3-2-4-18(22(26)27)19(17)13-32-23/h2-4,9-11,14,16,22-23,31-32H,5-8,12-13H2,1H3. The number of thiazole rings is 1. The highest BCUT2D eigenvalue weighted by Crippen LogP contribution is 2.33. The Hall–Kier alpha value is -2.83. The van der Waals surface area contributed by atoms with Gasteiger partial charge in [-0.25, -0.2) is 18.4 Å². The van der Waals surface area contributed by atoms with Crippen molar-refractivity contribution in [1.29, 1.82) is 0 Å². The van der Waals surface area contributed by atoms with Crippen molar-refractivity contribution in [1.82, 2.24) is 30.3 Å². The van der Waals surface area contributed by atoms with Crippen molar-refractivity contribution in [2.24, 2.45) is 0 Å². The van der Waals surface area contributed by atoms with E-state index in [1.807, 2.05) is 11.4 Å². The summed E-state index contributed by atoms with van der Waals surface area (Å²) in [5.41, 5.74) is 1.94. The predicted molar refractivity (Wildman–Crippen MR) is 131 cm³/mol. The zero-order valence-electron chi connectivity index (χ0n) is 20.1. The molecule has 37 heavy (non-hydrogen) atoms. The number of aryl methyl sites for hydroxylation is 1. The van der Waals surface area contributed by atoms with Crippen molar-refractivity contribution in [3.63, 3.8) is 0 Å². The molecule has 2 aromatic heterocycles. The lowest BCUT2D eigenvalue weighted by Crippen LogP contribution is -2.31. The quantitative estimate of drug-likeness (QED) is 0.402. The van der Waals surface area contributed by atoms with Gasteiger partial charge in [-0.05, 0) is 37.0 Å². The Morgan fingerprint density at radius 3 is 2.57 bits per heavy atom. The van der Waals surface area contributed by atoms with Crippen LogP contribution in [-0.4, -0.2) is 32.8 Å². The average molecular weight is 539 g/mol. The van der Waals surface area contributed by atoms with Gasteiger partial charge < -0.3 is 4.90 Å². The number of fused-ring (bicyclic) bond motifs is 1. The fourth-order valence-corrected chi connectivity index (χ4v) is 5.81. The second-order valence-corrected chi connectivity index (χ2v) is 10.2. The molecule has 2 N–H and O–H groups in total. The third-order valence-electron chi connectivity index (χ3n) is 6.87. The molecule has 0 spiro atoms. The summed E-state index contributed by atoms with van der Waals surface area (Å²) in [6, 6.07) is 6.05. The number of likely N-dealkylation sites (tertiary alicyclic amines) is 1. The highest BCUT2D eigenvalue weighted by atomic mass is 32.1. The molecular formula is C25H27F5N6S. The van der Waals surface area contributed by atoms with E-state index < -0.39 is 18.3 Å². The molecule has 1 saturated heterocycles. The van der Waals surface area contributed by atoms with Gasteiger partial charge in [0.15, 0.2) is 5.69 Å². The van der Waals surface area contributed by atoms with Crippen molar-refractivity contribution in [3.05, 3.63) is 74.6 Å². The van der Waals surface area contributed by atoms with Crippen LogP contribution in [0, 0.1) is 6.92 Å². The largest absolute Gasteiger partial charge is 0.435 e. The van der Waals surface area contributed by atoms with Crippen LogP contribution in [0.3, 0.4) is 0 Å². The lowest BCUT2D eigenvalue weighted by molar-refractivity contribution is -0.141. The van der Waals surface area contributed by atoms with Crippen molar-refractivity contribution >= 4 is 17.5 Å². The fourth-order valence-electron chi connectivity index (χ4n) is 4.79. The third-order valence-corrected chi connectivity index (χ3v) is 7.90. The molecule has 4 heterocycles. The molecule has 0 aliphatic carbocycles. The first-order valence-electron chi connectivity index (χ1n) is 12.1. The van der Waals surface area contributed by atoms with Gasteiger partial charge >= 0.3 is 6.18 Å². The zero-order chi connectivity index (χ0) is 26.2. The maximum Gasteiger partial charge on any atom is 0.435 e. The molecule has 5 rings (SSSR count). The summed E-state index contributed by atoms with van der Waals surface area (Å²) >= 11 is 1.60. The van der Waals surface area contributed by atoms with E-state index in [0.29, 0.717) is 30.3 Å². The topological polar surface area (TPSA) is 58.0 Å². The molecular weight excluding hydrogens is 511 g/mol. The number of rotatable bonds is 5. The van der Waals surface area contributed by atoms with Crippen LogP contribution in [0.5, 0.6) is 0 Å². The number of aromatic nitrogens is 3. The van der Waals surface area contributed by atoms with E-state index in [9.17, 15) is 22.0 Å². The Morgan fingerprint density at radius 1 is 1.11 bits per heavy atom. The van der Waals surface area contributed by atoms with Gasteiger partial charge in [-0.15, -0.1) is 11.3 Å². The smallest absolute Gasteiger partial charge is 0.376 e. The van der Waals surface area contributed by atoms with Gasteiger partial charge in [0, 0.05) is 61.1 Å². The first-order chi connectivity index (χ1) is 17.7. The summed E-state index contributed by atoms with van der Waals surface area (Å²) in [5, 5.41) is 13.4. The van der Waals surface area contributed by atoms with E-state index in [2.05, 4.69) is 20.6 Å². The van der Waals surface area contributed by atoms with Gasteiger partial charge in [0.05, 0.1) is 10.7 Å². The highest BCUT2D eigenvalue weighted by Gasteiger charge is 2.34. The lowest BCUT2D eigenvalue weighted by Gasteiger charge is -2.30. The van der Waals surface area contributed by atoms with Crippen LogP contribution in [0.15, 0.2) is 35.8 Å². The summed E-state index contributed by atoms with van der Waals surface area (Å²) in [6.07, 6.45) is -2.11. The number of benzene rings is 1. The monoisotopic (exact) mass is 538 g/mol. The van der Waals surface area contributed by atoms with Crippen molar-refractivity contribution in [3.8, 4) is 0 Å². The number of hydrogen-bond donors (Lipinski definition) is 2. The van der Waals surface area contributed by atoms with Crippen LogP contribution in [0.25, 0.3) is 6.20 Å². The van der Waals surface area contributed by atoms with E-state index in [4.69, 9.17) is 4.98 Å². The van der Waals surface area contributed by atoms with Crippen molar-refractivity contribution in [2.75, 3.05) is 13.1 Å². The number of piperidine rings is 1. The molecule has 0 bridgehead atoms. The van der Waals surface area contributed by atoms with Gasteiger partial charge in [0.25, 0.3) is 6.43 Å². The first-order valence-corrected chi connectivity index (χ1v) is 12.9. The molecule has 12 heteroatoms. The van der Waals surface area contributed by atoms with Crippen LogP contribution in [0.2, 0.25) is 0 Å². The van der Waals surface area contributed by atoms with Crippen molar-refractivity contribution in [2.45, 2.75) is 57.5 Å². The van der Waals surface area contributed by atoms with Gasteiger partial charge in [0.1, 0.15) is 6.17 Å². The molecule has 6 nitrogen and oxygen atoms in total. The summed E-state index contributed by atoms with van der Waals surface area (Å²) in [6.45, 7) is 3.92. The molecule has 2 aliphatic heterocycles. The highest BCUT2D eigenvalue weighted by molar-refractivity contribution is 7.09. The van der Waals surface area contributed by atoms with Crippen LogP contribution < -0.4 is 10.6 Å². The summed E-state index contributed by atoms with van der Waals surface area (Å²) in [5.74, 6) is 0.292. The Labute approximate surface area is 215 Å². The van der Waals surface area contributed by atoms with Gasteiger partial charge in [-0.1, -0.05) is 18.2 Å². The minimum Gasteiger partial charge on any atom is -0.376 e. The molecule has 0 radical (unpaired) electrons. The Kier molecular flexibility index (Phi) is 7.32. The molecule has 2 aliphatic rings. The molecule has 1 unspecified atom stereocenters. The van der Waals surface area contributed by atoms with Crippen LogP contribution >= 0.6 is 11.3 Å². The minimum atomic E-state index is -4.46. The van der Waals surface area contributed by atoms with Gasteiger partial charge in [-0.2, -0.15) is 18.3 Å². The molecule has 1 atom stereocenters. The van der Waals surface area contributed by atoms with Crippen LogP contribution in [-0.2, 0) is 19.3 Å². The predicted octanol–water partition coefficient (Wildman–Crippen LogP) is 5.80. The lowest BCUT2D eigenvalue weighted by atomic mass is 9.98. The van der Waals surface area contributed by atoms with E-state index in [-0.39, 0.29) is 11.7 Å². The Morgan fingerprint density at radius 2 is 1.86 bits per heavy atom. The number of nitrogens with one attached hydrogen (secondary N) is 2. The summed E-state index contributed by atoms with van der Waals surface area (Å²) in [4.78, 5) is 6.94. The second kappa shape index (κ2) is 10.5. The van der Waals surface area contributed by atoms with E-state index in [1.54, 1.807) is 36.7 Å². The minimum absolute atomic E-state index is 0.0655. The van der Waals surface area contributed by atoms with E-state index >= 15 is 0 Å². The Balaban J connectivity index is 1.18. The maximum atomic E-state index is 13.4. The van der Waals surface area contributed by atoms with E-state index in [1.165, 1.54) is 10.7 Å². The van der Waals surface area contributed by atoms with E-state index in [0.717, 1.165) is 48.3 Å². The molecule has 0 saturated carbocycles. The zero-order valence-corrected chi connectivity index (χ0v) is 20.9. The summed E-state index contributed by atoms with van der Waals surface area (Å²) in [7, 11) is 0. The number of nitrogens with zero attached hydrogens (tertiary/aromatic N) is 4. The van der Waals surface area contributed by atoms with Crippen LogP contribution in [0.1, 0.15) is 70.1 Å². The molecule has 1 aromatic carbocycles. The molecule has 198 valence electrons. The SMILES string of the molecule is Cc1cc(C(F)(F)F)nn1C=CN1CCC(c2nc(C3NCc4cccc(C(F)F)c4CN3)cs2)CC1. The third kappa shape index (κ3) is 5.70. The maximum absolute atomic E-state index is 13.4. The second-order valence-electron chi connectivity index (χ2n) is 9.31. The molecule has 1 fully saturated rings. The fraction of sp³-hybridized carbons (Fsp3) is 0.440. The number of hydrogen-bond acceptors (Lipinski definition) is 6.